The summed E-state index contributed by atoms with van der Waals surface area (Å²) in [6.07, 6.45) is 7.92. The summed E-state index contributed by atoms with van der Waals surface area (Å²) in [5.41, 5.74) is 0.778. The summed E-state index contributed by atoms with van der Waals surface area (Å²) in [6.45, 7) is 1.26. The van der Waals surface area contributed by atoms with E-state index in [4.69, 9.17) is 0 Å². The van der Waals surface area contributed by atoms with Gasteiger partial charge in [-0.1, -0.05) is 42.5 Å². The molecule has 0 radical (unpaired) electrons. The van der Waals surface area contributed by atoms with Gasteiger partial charge in [0.05, 0.1) is 6.54 Å². The Morgan fingerprint density at radius 2 is 1.59 bits per heavy atom. The van der Waals surface area contributed by atoms with Gasteiger partial charge in [0.25, 0.3) is 0 Å². The summed E-state index contributed by atoms with van der Waals surface area (Å²) in [5.74, 6) is 0.163. The molecular formula is C13H14F6NOP. The van der Waals surface area contributed by atoms with Gasteiger partial charge in [-0.15, -0.1) is 0 Å². The fraction of sp³-hybridized carbons (Fsp3) is 0.154. The molecular weight excluding hydrogens is 331 g/mol. The Morgan fingerprint density at radius 1 is 1.05 bits per heavy atom. The normalized spacial score (nSPS) is 17.1. The molecule has 0 aromatic heterocycles. The standard InChI is InChI=1S/C13H13NO.F6P/c15-13(12-7-3-1-4-8-12)11-14-9-5-2-6-10-14;1-7(2,3,4,5)6/h1-9H,10-11H2;/q;-1/p+1. The molecule has 0 bridgehead atoms. The van der Waals surface area contributed by atoms with Crippen LogP contribution in [0.25, 0.3) is 0 Å². The number of Topliss-reactive ketones (excluding diaryl/α,β-unsaturated/α-hetero) is 1. The Morgan fingerprint density at radius 3 is 2.05 bits per heavy atom. The SMILES string of the molecule is F[P-](F)(F)(F)(F)F.O=C(CN1C=CC=CC1)c1ccccc1.[H+]. The Hall–Kier alpha value is -1.82. The molecule has 0 saturated heterocycles. The van der Waals surface area contributed by atoms with Gasteiger partial charge in [-0.25, -0.2) is 0 Å². The van der Waals surface area contributed by atoms with Crippen molar-refractivity contribution in [2.45, 2.75) is 0 Å². The fourth-order valence-corrected chi connectivity index (χ4v) is 1.52. The number of hydrogen-bond donors (Lipinski definition) is 0. The van der Waals surface area contributed by atoms with Crippen molar-refractivity contribution in [3.05, 3.63) is 60.3 Å². The number of hydrogen-bond acceptors (Lipinski definition) is 2. The Kier molecular flexibility index (Phi) is 4.77. The van der Waals surface area contributed by atoms with Crippen molar-refractivity contribution in [3.8, 4) is 0 Å². The first-order chi connectivity index (χ1) is 9.81. The molecule has 0 N–H and O–H groups in total. The molecule has 9 heteroatoms. The predicted octanol–water partition coefficient (Wildman–Crippen LogP) is 5.75. The van der Waals surface area contributed by atoms with Crippen LogP contribution in [0.5, 0.6) is 0 Å². The second-order valence-electron chi connectivity index (χ2n) is 4.45. The van der Waals surface area contributed by atoms with Gasteiger partial charge in [-0.3, -0.25) is 4.79 Å². The second-order valence-corrected chi connectivity index (χ2v) is 6.36. The molecule has 1 aromatic carbocycles. The van der Waals surface area contributed by atoms with Crippen molar-refractivity contribution in [3.63, 3.8) is 0 Å². The van der Waals surface area contributed by atoms with E-state index in [0.717, 1.165) is 12.1 Å². The molecule has 124 valence electrons. The number of halogens is 6. The van der Waals surface area contributed by atoms with Crippen LogP contribution < -0.4 is 0 Å². The van der Waals surface area contributed by atoms with E-state index in [9.17, 15) is 30.0 Å². The van der Waals surface area contributed by atoms with Crippen LogP contribution in [0, 0.1) is 0 Å². The maximum Gasteiger partial charge on any atom is 1.00 e. The molecule has 2 nitrogen and oxygen atoms in total. The molecule has 0 aliphatic carbocycles. The van der Waals surface area contributed by atoms with Crippen molar-refractivity contribution in [1.29, 1.82) is 0 Å². The number of ketones is 1. The Bertz CT molecular complexity index is 574. The summed E-state index contributed by atoms with van der Waals surface area (Å²) in [4.78, 5) is 13.8. The fourth-order valence-electron chi connectivity index (χ4n) is 1.52. The molecule has 0 atom stereocenters. The van der Waals surface area contributed by atoms with E-state index < -0.39 is 7.81 Å². The van der Waals surface area contributed by atoms with Crippen LogP contribution in [0.3, 0.4) is 0 Å². The average molecular weight is 345 g/mol. The summed E-state index contributed by atoms with van der Waals surface area (Å²) in [7, 11) is -10.7. The van der Waals surface area contributed by atoms with Gasteiger partial charge in [0.2, 0.25) is 0 Å². The van der Waals surface area contributed by atoms with E-state index in [-0.39, 0.29) is 7.21 Å². The zero-order valence-electron chi connectivity index (χ0n) is 12.2. The molecule has 0 saturated carbocycles. The third-order valence-corrected chi connectivity index (χ3v) is 2.33. The molecule has 1 heterocycles. The summed E-state index contributed by atoms with van der Waals surface area (Å²) in [6, 6.07) is 9.40. The number of nitrogens with zero attached hydrogens (tertiary/aromatic N) is 1. The Balaban J connectivity index is 0.000000522. The quantitative estimate of drug-likeness (QED) is 0.395. The average Bonchev–Trinajstić information content (AvgIpc) is 2.37. The number of allylic oxidation sites excluding steroid dienone is 2. The van der Waals surface area contributed by atoms with Crippen molar-refractivity contribution in [2.24, 2.45) is 0 Å². The minimum atomic E-state index is -10.7. The number of carbonyl (C=O) groups is 1. The molecule has 1 aliphatic heterocycles. The van der Waals surface area contributed by atoms with Gasteiger partial charge < -0.3 is 4.90 Å². The first kappa shape index (κ1) is 18.2. The van der Waals surface area contributed by atoms with Crippen molar-refractivity contribution in [2.75, 3.05) is 13.1 Å². The van der Waals surface area contributed by atoms with E-state index in [1.807, 2.05) is 59.7 Å². The third kappa shape index (κ3) is 10.9. The van der Waals surface area contributed by atoms with Gasteiger partial charge in [0, 0.05) is 12.1 Å². The van der Waals surface area contributed by atoms with Crippen LogP contribution >= 0.6 is 7.81 Å². The molecule has 22 heavy (non-hydrogen) atoms. The van der Waals surface area contributed by atoms with Crippen molar-refractivity contribution in [1.82, 2.24) is 4.90 Å². The van der Waals surface area contributed by atoms with Crippen LogP contribution in [0.4, 0.5) is 25.2 Å². The van der Waals surface area contributed by atoms with Gasteiger partial charge in [-0.05, 0) is 12.3 Å². The van der Waals surface area contributed by atoms with E-state index >= 15 is 0 Å². The Labute approximate surface area is 124 Å². The van der Waals surface area contributed by atoms with Gasteiger partial charge >= 0.3 is 34.4 Å². The largest absolute Gasteiger partial charge is 1.00 e. The monoisotopic (exact) mass is 345 g/mol. The van der Waals surface area contributed by atoms with Gasteiger partial charge in [0.1, 0.15) is 0 Å². The van der Waals surface area contributed by atoms with Crippen LogP contribution in [0.15, 0.2) is 54.8 Å². The first-order valence-corrected chi connectivity index (χ1v) is 8.06. The van der Waals surface area contributed by atoms with Crippen LogP contribution in [-0.4, -0.2) is 23.8 Å². The second kappa shape index (κ2) is 5.76. The molecule has 2 rings (SSSR count). The van der Waals surface area contributed by atoms with Gasteiger partial charge in [0.15, 0.2) is 5.78 Å². The zero-order chi connectivity index (χ0) is 16.9. The predicted molar refractivity (Wildman–Crippen MR) is 75.3 cm³/mol. The number of rotatable bonds is 3. The summed E-state index contributed by atoms with van der Waals surface area (Å²) >= 11 is 0. The molecule has 0 spiro atoms. The minimum absolute atomic E-state index is 0. The van der Waals surface area contributed by atoms with E-state index in [0.29, 0.717) is 6.54 Å². The summed E-state index contributed by atoms with van der Waals surface area (Å²) < 4.78 is 59.2. The third-order valence-electron chi connectivity index (χ3n) is 2.33. The zero-order valence-corrected chi connectivity index (χ0v) is 12.1. The number of benzene rings is 1. The van der Waals surface area contributed by atoms with Gasteiger partial charge in [-0.2, -0.15) is 0 Å². The van der Waals surface area contributed by atoms with Crippen LogP contribution in [-0.2, 0) is 0 Å². The van der Waals surface area contributed by atoms with E-state index in [2.05, 4.69) is 0 Å². The molecule has 0 unspecified atom stereocenters. The van der Waals surface area contributed by atoms with Crippen molar-refractivity contribution < 1.29 is 31.4 Å². The number of carbonyl (C=O) groups excluding carboxylic acids is 1. The van der Waals surface area contributed by atoms with E-state index in [1.54, 1.807) is 0 Å². The van der Waals surface area contributed by atoms with Crippen molar-refractivity contribution >= 4 is 13.6 Å². The van der Waals surface area contributed by atoms with Crippen LogP contribution in [0.2, 0.25) is 0 Å². The molecule has 1 aromatic rings. The minimum Gasteiger partial charge on any atom is -0.366 e. The first-order valence-electron chi connectivity index (χ1n) is 6.03. The smallest absolute Gasteiger partial charge is 0.366 e. The maximum atomic E-state index is 11.8. The topological polar surface area (TPSA) is 20.3 Å². The van der Waals surface area contributed by atoms with Crippen LogP contribution in [0.1, 0.15) is 11.8 Å². The van der Waals surface area contributed by atoms with E-state index in [1.165, 1.54) is 0 Å². The molecule has 0 amide bonds. The molecule has 1 aliphatic rings. The summed E-state index contributed by atoms with van der Waals surface area (Å²) in [5, 5.41) is 0. The maximum absolute atomic E-state index is 11.8. The molecule has 0 fully saturated rings.